The Hall–Kier alpha value is -1.65. The minimum Gasteiger partial charge on any atom is -0.322 e. The smallest absolute Gasteiger partial charge is 0.255 e. The van der Waals surface area contributed by atoms with Crippen molar-refractivity contribution in [3.05, 3.63) is 63.6 Å². The molecular weight excluding hydrogens is 316 g/mol. The van der Waals surface area contributed by atoms with E-state index in [0.29, 0.717) is 12.1 Å². The third-order valence-corrected chi connectivity index (χ3v) is 3.39. The zero-order valence-electron chi connectivity index (χ0n) is 11.5. The van der Waals surface area contributed by atoms with Crippen molar-refractivity contribution >= 4 is 27.5 Å². The van der Waals surface area contributed by atoms with Crippen LogP contribution in [-0.4, -0.2) is 13.0 Å². The Morgan fingerprint density at radius 1 is 1.20 bits per heavy atom. The second-order valence-electron chi connectivity index (χ2n) is 4.66. The molecule has 0 heterocycles. The number of carbonyl (C=O) groups excluding carboxylic acids is 1. The Balaban J connectivity index is 2.23. The van der Waals surface area contributed by atoms with Crippen LogP contribution in [0.3, 0.4) is 0 Å². The number of rotatable bonds is 4. The molecule has 0 radical (unpaired) electrons. The highest BCUT2D eigenvalue weighted by Gasteiger charge is 2.09. The molecule has 104 valence electrons. The van der Waals surface area contributed by atoms with Gasteiger partial charge >= 0.3 is 0 Å². The van der Waals surface area contributed by atoms with Gasteiger partial charge in [-0.3, -0.25) is 4.79 Å². The summed E-state index contributed by atoms with van der Waals surface area (Å²) >= 11 is 3.42. The molecule has 0 fully saturated rings. The Morgan fingerprint density at radius 2 is 1.95 bits per heavy atom. The Morgan fingerprint density at radius 3 is 2.65 bits per heavy atom. The molecule has 0 atom stereocenters. The Bertz CT molecular complexity index is 605. The van der Waals surface area contributed by atoms with E-state index in [2.05, 4.69) is 26.6 Å². The number of para-hydroxylation sites is 1. The molecule has 2 aromatic carbocycles. The first kappa shape index (κ1) is 14.8. The molecule has 0 spiro atoms. The lowest BCUT2D eigenvalue weighted by Gasteiger charge is -2.11. The number of hydrogen-bond donors (Lipinski definition) is 2. The second kappa shape index (κ2) is 6.68. The second-order valence-corrected chi connectivity index (χ2v) is 5.57. The Labute approximate surface area is 127 Å². The zero-order valence-corrected chi connectivity index (χ0v) is 13.1. The van der Waals surface area contributed by atoms with Crippen molar-refractivity contribution in [2.75, 3.05) is 12.4 Å². The van der Waals surface area contributed by atoms with E-state index in [9.17, 15) is 4.79 Å². The van der Waals surface area contributed by atoms with Crippen LogP contribution in [0.25, 0.3) is 0 Å². The molecule has 2 rings (SSSR count). The van der Waals surface area contributed by atoms with Crippen LogP contribution >= 0.6 is 15.9 Å². The minimum absolute atomic E-state index is 0.0991. The number of anilines is 1. The van der Waals surface area contributed by atoms with E-state index in [1.165, 1.54) is 0 Å². The molecule has 2 aromatic rings. The molecule has 3 nitrogen and oxygen atoms in total. The summed E-state index contributed by atoms with van der Waals surface area (Å²) in [5.74, 6) is -0.0991. The SMILES string of the molecule is CNCc1ccccc1NC(=O)c1cc(C)cc(Br)c1. The van der Waals surface area contributed by atoms with E-state index in [1.807, 2.05) is 56.4 Å². The van der Waals surface area contributed by atoms with Crippen LogP contribution in [0.15, 0.2) is 46.9 Å². The van der Waals surface area contributed by atoms with Gasteiger partial charge in [-0.2, -0.15) is 0 Å². The third-order valence-electron chi connectivity index (χ3n) is 2.94. The molecule has 2 N–H and O–H groups in total. The zero-order chi connectivity index (χ0) is 14.5. The highest BCUT2D eigenvalue weighted by molar-refractivity contribution is 9.10. The summed E-state index contributed by atoms with van der Waals surface area (Å²) in [4.78, 5) is 12.3. The maximum atomic E-state index is 12.3. The molecule has 0 aliphatic carbocycles. The highest BCUT2D eigenvalue weighted by atomic mass is 79.9. The van der Waals surface area contributed by atoms with Crippen molar-refractivity contribution in [2.24, 2.45) is 0 Å². The monoisotopic (exact) mass is 332 g/mol. The van der Waals surface area contributed by atoms with Crippen molar-refractivity contribution in [1.82, 2.24) is 5.32 Å². The predicted molar refractivity (Wildman–Crippen MR) is 86.0 cm³/mol. The quantitative estimate of drug-likeness (QED) is 0.895. The highest BCUT2D eigenvalue weighted by Crippen LogP contribution is 2.19. The largest absolute Gasteiger partial charge is 0.322 e. The molecule has 0 unspecified atom stereocenters. The maximum Gasteiger partial charge on any atom is 0.255 e. The topological polar surface area (TPSA) is 41.1 Å². The summed E-state index contributed by atoms with van der Waals surface area (Å²) < 4.78 is 0.908. The Kier molecular flexibility index (Phi) is 4.93. The van der Waals surface area contributed by atoms with Crippen LogP contribution < -0.4 is 10.6 Å². The van der Waals surface area contributed by atoms with Crippen molar-refractivity contribution in [3.8, 4) is 0 Å². The molecule has 4 heteroatoms. The van der Waals surface area contributed by atoms with Crippen molar-refractivity contribution < 1.29 is 4.79 Å². The van der Waals surface area contributed by atoms with E-state index in [4.69, 9.17) is 0 Å². The lowest BCUT2D eigenvalue weighted by atomic mass is 10.1. The summed E-state index contributed by atoms with van der Waals surface area (Å²) in [5.41, 5.74) is 3.60. The van der Waals surface area contributed by atoms with Crippen LogP contribution in [0.4, 0.5) is 5.69 Å². The number of benzene rings is 2. The predicted octanol–water partition coefficient (Wildman–Crippen LogP) is 3.73. The van der Waals surface area contributed by atoms with Gasteiger partial charge in [0.2, 0.25) is 0 Å². The summed E-state index contributed by atoms with van der Waals surface area (Å²) in [6, 6.07) is 13.5. The van der Waals surface area contributed by atoms with E-state index in [1.54, 1.807) is 0 Å². The fourth-order valence-corrected chi connectivity index (χ4v) is 2.66. The summed E-state index contributed by atoms with van der Waals surface area (Å²) in [5, 5.41) is 6.06. The number of hydrogen-bond acceptors (Lipinski definition) is 2. The summed E-state index contributed by atoms with van der Waals surface area (Å²) in [6.07, 6.45) is 0. The summed E-state index contributed by atoms with van der Waals surface area (Å²) in [7, 11) is 1.89. The molecule has 1 amide bonds. The van der Waals surface area contributed by atoms with Crippen LogP contribution in [0.2, 0.25) is 0 Å². The van der Waals surface area contributed by atoms with Crippen LogP contribution in [0.5, 0.6) is 0 Å². The fourth-order valence-electron chi connectivity index (χ4n) is 2.05. The average molecular weight is 333 g/mol. The molecule has 0 saturated carbocycles. The average Bonchev–Trinajstić information content (AvgIpc) is 2.40. The first-order valence-corrected chi connectivity index (χ1v) is 7.20. The molecular formula is C16H17BrN2O. The number of aryl methyl sites for hydroxylation is 1. The number of halogens is 1. The van der Waals surface area contributed by atoms with Gasteiger partial charge in [-0.1, -0.05) is 34.1 Å². The van der Waals surface area contributed by atoms with Crippen molar-refractivity contribution in [3.63, 3.8) is 0 Å². The van der Waals surface area contributed by atoms with E-state index in [-0.39, 0.29) is 5.91 Å². The van der Waals surface area contributed by atoms with Gasteiger partial charge < -0.3 is 10.6 Å². The summed E-state index contributed by atoms with van der Waals surface area (Å²) in [6.45, 7) is 2.68. The van der Waals surface area contributed by atoms with E-state index < -0.39 is 0 Å². The first-order valence-electron chi connectivity index (χ1n) is 6.41. The molecule has 0 saturated heterocycles. The number of amides is 1. The van der Waals surface area contributed by atoms with E-state index in [0.717, 1.165) is 21.3 Å². The third kappa shape index (κ3) is 3.68. The van der Waals surface area contributed by atoms with Gasteiger partial charge in [-0.25, -0.2) is 0 Å². The van der Waals surface area contributed by atoms with Crippen molar-refractivity contribution in [2.45, 2.75) is 13.5 Å². The molecule has 20 heavy (non-hydrogen) atoms. The lowest BCUT2D eigenvalue weighted by molar-refractivity contribution is 0.102. The maximum absolute atomic E-state index is 12.3. The number of carbonyl (C=O) groups is 1. The first-order chi connectivity index (χ1) is 9.60. The normalized spacial score (nSPS) is 10.3. The van der Waals surface area contributed by atoms with Gasteiger partial charge in [0.25, 0.3) is 5.91 Å². The standard InChI is InChI=1S/C16H17BrN2O/c1-11-7-13(9-14(17)8-11)16(20)19-15-6-4-3-5-12(15)10-18-2/h3-9,18H,10H2,1-2H3,(H,19,20). The van der Waals surface area contributed by atoms with Crippen LogP contribution in [0, 0.1) is 6.92 Å². The van der Waals surface area contributed by atoms with Gasteiger partial charge in [0.05, 0.1) is 0 Å². The number of nitrogens with one attached hydrogen (secondary N) is 2. The van der Waals surface area contributed by atoms with Gasteiger partial charge in [0, 0.05) is 22.3 Å². The fraction of sp³-hybridized carbons (Fsp3) is 0.188. The van der Waals surface area contributed by atoms with Gasteiger partial charge in [0.1, 0.15) is 0 Å². The van der Waals surface area contributed by atoms with Crippen LogP contribution in [-0.2, 0) is 6.54 Å². The molecule has 0 aromatic heterocycles. The van der Waals surface area contributed by atoms with Gasteiger partial charge in [-0.15, -0.1) is 0 Å². The van der Waals surface area contributed by atoms with Gasteiger partial charge in [-0.05, 0) is 49.4 Å². The molecule has 0 aliphatic heterocycles. The molecule has 0 bridgehead atoms. The van der Waals surface area contributed by atoms with Gasteiger partial charge in [0.15, 0.2) is 0 Å². The molecule has 0 aliphatic rings. The lowest BCUT2D eigenvalue weighted by Crippen LogP contribution is -2.15. The van der Waals surface area contributed by atoms with Crippen molar-refractivity contribution in [1.29, 1.82) is 0 Å². The van der Waals surface area contributed by atoms with E-state index >= 15 is 0 Å². The van der Waals surface area contributed by atoms with Crippen LogP contribution in [0.1, 0.15) is 21.5 Å². The minimum atomic E-state index is -0.0991.